The predicted octanol–water partition coefficient (Wildman–Crippen LogP) is 1.39. The van der Waals surface area contributed by atoms with E-state index < -0.39 is 18.0 Å². The average Bonchev–Trinajstić information content (AvgIpc) is 2.34. The van der Waals surface area contributed by atoms with E-state index in [4.69, 9.17) is 5.11 Å². The molecule has 0 saturated heterocycles. The van der Waals surface area contributed by atoms with Gasteiger partial charge in [0.05, 0.1) is 7.11 Å². The highest BCUT2D eigenvalue weighted by Crippen LogP contribution is 2.16. The van der Waals surface area contributed by atoms with Crippen molar-refractivity contribution in [2.45, 2.75) is 19.9 Å². The van der Waals surface area contributed by atoms with Crippen molar-refractivity contribution >= 4 is 17.8 Å². The first-order valence-corrected chi connectivity index (χ1v) is 5.50. The van der Waals surface area contributed by atoms with Crippen molar-refractivity contribution in [2.24, 2.45) is 5.92 Å². The molecule has 0 amide bonds. The number of pyridine rings is 1. The number of carbonyl (C=O) groups excluding carboxylic acids is 1. The fourth-order valence-corrected chi connectivity index (χ4v) is 1.46. The maximum absolute atomic E-state index is 11.5. The van der Waals surface area contributed by atoms with Gasteiger partial charge in [0.2, 0.25) is 0 Å². The van der Waals surface area contributed by atoms with Crippen LogP contribution < -0.4 is 5.32 Å². The van der Waals surface area contributed by atoms with Gasteiger partial charge in [-0.25, -0.2) is 14.6 Å². The molecule has 0 spiro atoms. The summed E-state index contributed by atoms with van der Waals surface area (Å²) >= 11 is 0. The highest BCUT2D eigenvalue weighted by molar-refractivity contribution is 5.95. The Morgan fingerprint density at radius 3 is 2.61 bits per heavy atom. The van der Waals surface area contributed by atoms with Gasteiger partial charge in [-0.15, -0.1) is 0 Å². The summed E-state index contributed by atoms with van der Waals surface area (Å²) in [5.74, 6) is -1.48. The summed E-state index contributed by atoms with van der Waals surface area (Å²) in [4.78, 5) is 26.6. The highest BCUT2D eigenvalue weighted by Gasteiger charge is 2.24. The number of rotatable bonds is 5. The van der Waals surface area contributed by atoms with E-state index in [1.807, 2.05) is 0 Å². The summed E-state index contributed by atoms with van der Waals surface area (Å²) in [6, 6.07) is 2.30. The molecule has 0 aromatic carbocycles. The molecule has 0 aliphatic rings. The summed E-state index contributed by atoms with van der Waals surface area (Å²) in [5, 5.41) is 11.8. The average molecular weight is 252 g/mol. The Morgan fingerprint density at radius 2 is 2.11 bits per heavy atom. The van der Waals surface area contributed by atoms with Crippen LogP contribution in [0.15, 0.2) is 18.3 Å². The van der Waals surface area contributed by atoms with E-state index in [0.717, 1.165) is 0 Å². The number of carboxylic acid groups (broad SMARTS) is 1. The Hall–Kier alpha value is -2.11. The van der Waals surface area contributed by atoms with Crippen LogP contribution in [0.4, 0.5) is 5.82 Å². The Morgan fingerprint density at radius 1 is 1.44 bits per heavy atom. The molecular formula is C12H16N2O4. The van der Waals surface area contributed by atoms with Crippen LogP contribution in [0, 0.1) is 5.92 Å². The Labute approximate surface area is 105 Å². The van der Waals surface area contributed by atoms with Gasteiger partial charge in [-0.2, -0.15) is 0 Å². The Kier molecular flexibility index (Phi) is 4.65. The van der Waals surface area contributed by atoms with Gasteiger partial charge in [0, 0.05) is 6.20 Å². The number of esters is 1. The summed E-state index contributed by atoms with van der Waals surface area (Å²) in [6.07, 6.45) is 1.48. The number of anilines is 1. The van der Waals surface area contributed by atoms with Crippen molar-refractivity contribution in [1.82, 2.24) is 4.98 Å². The first kappa shape index (κ1) is 14.0. The summed E-state index contributed by atoms with van der Waals surface area (Å²) in [5.41, 5.74) is 0.215. The third kappa shape index (κ3) is 3.19. The molecule has 0 aliphatic heterocycles. The highest BCUT2D eigenvalue weighted by atomic mass is 16.5. The van der Waals surface area contributed by atoms with E-state index in [9.17, 15) is 9.59 Å². The second kappa shape index (κ2) is 6.00. The first-order chi connectivity index (χ1) is 8.47. The van der Waals surface area contributed by atoms with Gasteiger partial charge in [-0.05, 0) is 18.1 Å². The number of carboxylic acids is 1. The number of hydrogen-bond acceptors (Lipinski definition) is 5. The lowest BCUT2D eigenvalue weighted by molar-refractivity contribution is -0.138. The van der Waals surface area contributed by atoms with Crippen LogP contribution in [0.25, 0.3) is 0 Å². The standard InChI is InChI=1S/C12H16N2O4/c1-7(2)9(11(15)16)14-10-8(12(17)18-3)5-4-6-13-10/h4-7,9H,1-3H3,(H,13,14)(H,15,16). The van der Waals surface area contributed by atoms with Crippen LogP contribution in [0.5, 0.6) is 0 Å². The number of carbonyl (C=O) groups is 2. The van der Waals surface area contributed by atoms with E-state index in [1.54, 1.807) is 19.9 Å². The van der Waals surface area contributed by atoms with Gasteiger partial charge >= 0.3 is 11.9 Å². The number of nitrogens with one attached hydrogen (secondary N) is 1. The van der Waals surface area contributed by atoms with E-state index in [1.165, 1.54) is 19.4 Å². The molecule has 0 saturated carbocycles. The minimum absolute atomic E-state index is 0.144. The van der Waals surface area contributed by atoms with E-state index in [0.29, 0.717) is 0 Å². The minimum atomic E-state index is -0.994. The topological polar surface area (TPSA) is 88.5 Å². The van der Waals surface area contributed by atoms with Crippen molar-refractivity contribution in [2.75, 3.05) is 12.4 Å². The monoisotopic (exact) mass is 252 g/mol. The Balaban J connectivity index is 3.03. The summed E-state index contributed by atoms with van der Waals surface area (Å²) in [6.45, 7) is 3.54. The zero-order valence-electron chi connectivity index (χ0n) is 10.5. The zero-order chi connectivity index (χ0) is 13.7. The van der Waals surface area contributed by atoms with E-state index in [-0.39, 0.29) is 17.3 Å². The lowest BCUT2D eigenvalue weighted by atomic mass is 10.0. The third-order valence-electron chi connectivity index (χ3n) is 2.44. The van der Waals surface area contributed by atoms with Crippen molar-refractivity contribution in [3.63, 3.8) is 0 Å². The largest absolute Gasteiger partial charge is 0.480 e. The first-order valence-electron chi connectivity index (χ1n) is 5.50. The van der Waals surface area contributed by atoms with Crippen LogP contribution in [-0.4, -0.2) is 35.2 Å². The minimum Gasteiger partial charge on any atom is -0.480 e. The molecule has 1 aromatic rings. The SMILES string of the molecule is COC(=O)c1cccnc1NC(C(=O)O)C(C)C. The molecule has 98 valence electrons. The molecule has 0 bridgehead atoms. The second-order valence-electron chi connectivity index (χ2n) is 4.10. The van der Waals surface area contributed by atoms with Crippen molar-refractivity contribution in [3.8, 4) is 0 Å². The number of aliphatic carboxylic acids is 1. The van der Waals surface area contributed by atoms with Crippen LogP contribution in [0.3, 0.4) is 0 Å². The molecule has 2 N–H and O–H groups in total. The molecule has 0 fully saturated rings. The molecule has 1 heterocycles. The van der Waals surface area contributed by atoms with Crippen LogP contribution in [0.1, 0.15) is 24.2 Å². The molecule has 0 aliphatic carbocycles. The molecule has 1 rings (SSSR count). The van der Waals surface area contributed by atoms with Gasteiger partial charge in [0.1, 0.15) is 17.4 Å². The molecule has 1 aromatic heterocycles. The van der Waals surface area contributed by atoms with Gasteiger partial charge in [0.25, 0.3) is 0 Å². The fraction of sp³-hybridized carbons (Fsp3) is 0.417. The van der Waals surface area contributed by atoms with Crippen LogP contribution in [0.2, 0.25) is 0 Å². The molecular weight excluding hydrogens is 236 g/mol. The fourth-order valence-electron chi connectivity index (χ4n) is 1.46. The molecule has 18 heavy (non-hydrogen) atoms. The zero-order valence-corrected chi connectivity index (χ0v) is 10.5. The number of hydrogen-bond donors (Lipinski definition) is 2. The van der Waals surface area contributed by atoms with E-state index in [2.05, 4.69) is 15.0 Å². The number of aromatic nitrogens is 1. The second-order valence-corrected chi connectivity index (χ2v) is 4.10. The normalized spacial score (nSPS) is 12.0. The van der Waals surface area contributed by atoms with Gasteiger partial charge in [0.15, 0.2) is 0 Å². The number of ether oxygens (including phenoxy) is 1. The van der Waals surface area contributed by atoms with Gasteiger partial charge in [-0.3, -0.25) is 0 Å². The maximum atomic E-state index is 11.5. The van der Waals surface area contributed by atoms with Crippen LogP contribution in [-0.2, 0) is 9.53 Å². The molecule has 6 heteroatoms. The lowest BCUT2D eigenvalue weighted by Gasteiger charge is -2.19. The number of nitrogens with zero attached hydrogens (tertiary/aromatic N) is 1. The predicted molar refractivity (Wildman–Crippen MR) is 65.5 cm³/mol. The number of methoxy groups -OCH3 is 1. The molecule has 0 radical (unpaired) electrons. The van der Waals surface area contributed by atoms with E-state index >= 15 is 0 Å². The van der Waals surface area contributed by atoms with Crippen molar-refractivity contribution < 1.29 is 19.4 Å². The van der Waals surface area contributed by atoms with Crippen LogP contribution >= 0.6 is 0 Å². The van der Waals surface area contributed by atoms with Crippen molar-refractivity contribution in [1.29, 1.82) is 0 Å². The molecule has 1 unspecified atom stereocenters. The van der Waals surface area contributed by atoms with Gasteiger partial charge in [-0.1, -0.05) is 13.8 Å². The summed E-state index contributed by atoms with van der Waals surface area (Å²) in [7, 11) is 1.26. The maximum Gasteiger partial charge on any atom is 0.341 e. The summed E-state index contributed by atoms with van der Waals surface area (Å²) < 4.78 is 4.61. The molecule has 1 atom stereocenters. The third-order valence-corrected chi connectivity index (χ3v) is 2.44. The molecule has 6 nitrogen and oxygen atoms in total. The van der Waals surface area contributed by atoms with Gasteiger partial charge < -0.3 is 15.2 Å². The smallest absolute Gasteiger partial charge is 0.341 e. The quantitative estimate of drug-likeness (QED) is 0.770. The lowest BCUT2D eigenvalue weighted by Crippen LogP contribution is -2.35. The Bertz CT molecular complexity index is 445. The van der Waals surface area contributed by atoms with Crippen molar-refractivity contribution in [3.05, 3.63) is 23.9 Å².